The second-order valence-electron chi connectivity index (χ2n) is 2.97. The minimum absolute atomic E-state index is 0.0588. The van der Waals surface area contributed by atoms with Crippen molar-refractivity contribution in [3.63, 3.8) is 0 Å². The lowest BCUT2D eigenvalue weighted by Gasteiger charge is -2.12. The van der Waals surface area contributed by atoms with Gasteiger partial charge in [0.2, 0.25) is 5.91 Å². The number of amides is 1. The van der Waals surface area contributed by atoms with Gasteiger partial charge >= 0.3 is 0 Å². The van der Waals surface area contributed by atoms with Gasteiger partial charge in [0, 0.05) is 6.54 Å². The molecule has 0 aliphatic heterocycles. The summed E-state index contributed by atoms with van der Waals surface area (Å²) in [6, 6.07) is -0.0588. The monoisotopic (exact) mass is 172 g/mol. The predicted octanol–water partition coefficient (Wildman–Crippen LogP) is 0.901. The Hall–Kier alpha value is -0.570. The van der Waals surface area contributed by atoms with Gasteiger partial charge in [-0.25, -0.2) is 0 Å². The van der Waals surface area contributed by atoms with Crippen LogP contribution in [0.5, 0.6) is 0 Å². The van der Waals surface area contributed by atoms with Crippen molar-refractivity contribution >= 4 is 5.91 Å². The Morgan fingerprint density at radius 2 is 1.83 bits per heavy atom. The number of hydrogen-bond donors (Lipinski definition) is 2. The molecule has 0 heterocycles. The van der Waals surface area contributed by atoms with Gasteiger partial charge in [0.05, 0.1) is 6.04 Å². The van der Waals surface area contributed by atoms with Gasteiger partial charge in [-0.05, 0) is 26.3 Å². The van der Waals surface area contributed by atoms with E-state index in [4.69, 9.17) is 0 Å². The first-order valence-electron chi connectivity index (χ1n) is 4.73. The Morgan fingerprint density at radius 3 is 2.33 bits per heavy atom. The number of carbonyl (C=O) groups is 1. The van der Waals surface area contributed by atoms with E-state index in [0.29, 0.717) is 0 Å². The molecule has 0 rings (SSSR count). The van der Waals surface area contributed by atoms with Gasteiger partial charge in [-0.1, -0.05) is 13.8 Å². The van der Waals surface area contributed by atoms with Gasteiger partial charge in [-0.2, -0.15) is 0 Å². The third kappa shape index (κ3) is 5.13. The molecular formula is C9H20N2O. The predicted molar refractivity (Wildman–Crippen MR) is 51.1 cm³/mol. The molecule has 1 amide bonds. The number of nitrogens with one attached hydrogen (secondary N) is 2. The molecule has 1 unspecified atom stereocenters. The fraction of sp³-hybridized carbons (Fsp3) is 0.889. The summed E-state index contributed by atoms with van der Waals surface area (Å²) in [6.45, 7) is 7.70. The summed E-state index contributed by atoms with van der Waals surface area (Å²) in [4.78, 5) is 11.2. The highest BCUT2D eigenvalue weighted by Crippen LogP contribution is 1.83. The van der Waals surface area contributed by atoms with Crippen LogP contribution in [0.4, 0.5) is 0 Å². The normalized spacial score (nSPS) is 12.6. The molecule has 0 saturated heterocycles. The largest absolute Gasteiger partial charge is 0.355 e. The van der Waals surface area contributed by atoms with Crippen molar-refractivity contribution in [1.82, 2.24) is 10.6 Å². The van der Waals surface area contributed by atoms with Crippen LogP contribution in [0, 0.1) is 0 Å². The molecule has 2 N–H and O–H groups in total. The minimum atomic E-state index is -0.0588. The maximum atomic E-state index is 11.2. The van der Waals surface area contributed by atoms with Crippen LogP contribution in [-0.4, -0.2) is 25.0 Å². The Labute approximate surface area is 74.9 Å². The number of rotatable bonds is 6. The van der Waals surface area contributed by atoms with Crippen molar-refractivity contribution in [2.75, 3.05) is 13.1 Å². The molecule has 0 aliphatic carbocycles. The lowest BCUT2D eigenvalue weighted by molar-refractivity contribution is -0.122. The van der Waals surface area contributed by atoms with Gasteiger partial charge in [-0.15, -0.1) is 0 Å². The van der Waals surface area contributed by atoms with Gasteiger partial charge in [0.15, 0.2) is 0 Å². The van der Waals surface area contributed by atoms with Crippen LogP contribution >= 0.6 is 0 Å². The molecule has 12 heavy (non-hydrogen) atoms. The topological polar surface area (TPSA) is 41.1 Å². The van der Waals surface area contributed by atoms with E-state index in [1.165, 1.54) is 0 Å². The van der Waals surface area contributed by atoms with Gasteiger partial charge in [-0.3, -0.25) is 4.79 Å². The van der Waals surface area contributed by atoms with E-state index in [1.54, 1.807) is 0 Å². The third-order valence-electron chi connectivity index (χ3n) is 1.64. The molecule has 3 nitrogen and oxygen atoms in total. The number of hydrogen-bond acceptors (Lipinski definition) is 2. The average molecular weight is 172 g/mol. The summed E-state index contributed by atoms with van der Waals surface area (Å²) in [5.41, 5.74) is 0. The first-order chi connectivity index (χ1) is 5.72. The first kappa shape index (κ1) is 11.4. The minimum Gasteiger partial charge on any atom is -0.355 e. The van der Waals surface area contributed by atoms with Crippen LogP contribution in [0.3, 0.4) is 0 Å². The first-order valence-corrected chi connectivity index (χ1v) is 4.73. The molecule has 0 radical (unpaired) electrons. The van der Waals surface area contributed by atoms with Crippen molar-refractivity contribution < 1.29 is 4.79 Å². The van der Waals surface area contributed by atoms with E-state index in [-0.39, 0.29) is 11.9 Å². The maximum Gasteiger partial charge on any atom is 0.236 e. The maximum absolute atomic E-state index is 11.2. The van der Waals surface area contributed by atoms with E-state index in [0.717, 1.165) is 25.9 Å². The summed E-state index contributed by atoms with van der Waals surface area (Å²) in [5, 5.41) is 5.97. The molecule has 0 bridgehead atoms. The van der Waals surface area contributed by atoms with Gasteiger partial charge < -0.3 is 10.6 Å². The van der Waals surface area contributed by atoms with Crippen molar-refractivity contribution in [2.24, 2.45) is 0 Å². The van der Waals surface area contributed by atoms with Crippen molar-refractivity contribution in [1.29, 1.82) is 0 Å². The van der Waals surface area contributed by atoms with E-state index in [1.807, 2.05) is 13.8 Å². The highest BCUT2D eigenvalue weighted by molar-refractivity contribution is 5.81. The molecule has 0 spiro atoms. The van der Waals surface area contributed by atoms with Crippen LogP contribution < -0.4 is 10.6 Å². The standard InChI is InChI=1S/C9H20N2O/c1-4-6-10-8(3)9(12)11-7-5-2/h8,10H,4-7H2,1-3H3,(H,11,12). The fourth-order valence-corrected chi connectivity index (χ4v) is 0.855. The van der Waals surface area contributed by atoms with Crippen molar-refractivity contribution in [3.05, 3.63) is 0 Å². The molecule has 0 aliphatic rings. The second-order valence-corrected chi connectivity index (χ2v) is 2.97. The molecule has 0 saturated carbocycles. The van der Waals surface area contributed by atoms with E-state index in [2.05, 4.69) is 17.6 Å². The van der Waals surface area contributed by atoms with Crippen molar-refractivity contribution in [2.45, 2.75) is 39.7 Å². The van der Waals surface area contributed by atoms with Crippen molar-refractivity contribution in [3.8, 4) is 0 Å². The zero-order valence-electron chi connectivity index (χ0n) is 8.31. The Balaban J connectivity index is 3.47. The van der Waals surface area contributed by atoms with E-state index in [9.17, 15) is 4.79 Å². The Kier molecular flexibility index (Phi) is 6.76. The molecule has 0 aromatic heterocycles. The Morgan fingerprint density at radius 1 is 1.25 bits per heavy atom. The van der Waals surface area contributed by atoms with Crippen LogP contribution in [0.1, 0.15) is 33.6 Å². The quantitative estimate of drug-likeness (QED) is 0.625. The average Bonchev–Trinajstić information content (AvgIpc) is 2.10. The summed E-state index contributed by atoms with van der Waals surface area (Å²) < 4.78 is 0. The zero-order valence-corrected chi connectivity index (χ0v) is 8.31. The van der Waals surface area contributed by atoms with E-state index >= 15 is 0 Å². The second kappa shape index (κ2) is 7.10. The fourth-order valence-electron chi connectivity index (χ4n) is 0.855. The molecule has 72 valence electrons. The molecule has 0 aromatic rings. The highest BCUT2D eigenvalue weighted by Gasteiger charge is 2.09. The van der Waals surface area contributed by atoms with Crippen LogP contribution in [-0.2, 0) is 4.79 Å². The zero-order chi connectivity index (χ0) is 9.40. The smallest absolute Gasteiger partial charge is 0.236 e. The van der Waals surface area contributed by atoms with Crippen LogP contribution in [0.15, 0.2) is 0 Å². The molecule has 0 fully saturated rings. The van der Waals surface area contributed by atoms with E-state index < -0.39 is 0 Å². The summed E-state index contributed by atoms with van der Waals surface area (Å²) in [7, 11) is 0. The third-order valence-corrected chi connectivity index (χ3v) is 1.64. The molecular weight excluding hydrogens is 152 g/mol. The van der Waals surface area contributed by atoms with Gasteiger partial charge in [0.25, 0.3) is 0 Å². The SMILES string of the molecule is CCCNC(=O)C(C)NCCC. The lowest BCUT2D eigenvalue weighted by atomic mass is 10.3. The van der Waals surface area contributed by atoms with Gasteiger partial charge in [0.1, 0.15) is 0 Å². The molecule has 3 heteroatoms. The summed E-state index contributed by atoms with van der Waals surface area (Å²) >= 11 is 0. The molecule has 1 atom stereocenters. The van der Waals surface area contributed by atoms with Crippen LogP contribution in [0.25, 0.3) is 0 Å². The lowest BCUT2D eigenvalue weighted by Crippen LogP contribution is -2.42. The Bertz CT molecular complexity index is 126. The summed E-state index contributed by atoms with van der Waals surface area (Å²) in [6.07, 6.45) is 2.05. The molecule has 0 aromatic carbocycles. The number of carbonyl (C=O) groups excluding carboxylic acids is 1. The van der Waals surface area contributed by atoms with Crippen LogP contribution in [0.2, 0.25) is 0 Å². The highest BCUT2D eigenvalue weighted by atomic mass is 16.2. The summed E-state index contributed by atoms with van der Waals surface area (Å²) in [5.74, 6) is 0.102.